The summed E-state index contributed by atoms with van der Waals surface area (Å²) in [7, 11) is -3.27. The largest absolute Gasteiger partial charge is 0.481 e. The minimum Gasteiger partial charge on any atom is -0.481 e. The van der Waals surface area contributed by atoms with Crippen LogP contribution in [-0.2, 0) is 26.0 Å². The molecule has 1 aliphatic rings. The van der Waals surface area contributed by atoms with Gasteiger partial charge in [0.1, 0.15) is 6.10 Å². The van der Waals surface area contributed by atoms with Crippen molar-refractivity contribution in [3.63, 3.8) is 0 Å². The Balaban J connectivity index is 2.10. The molecule has 0 amide bonds. The first-order valence-corrected chi connectivity index (χ1v) is 8.30. The molecule has 1 N–H and O–H groups in total. The predicted molar refractivity (Wildman–Crippen MR) is 73.1 cm³/mol. The molecule has 0 bridgehead atoms. The van der Waals surface area contributed by atoms with E-state index >= 15 is 0 Å². The summed E-state index contributed by atoms with van der Waals surface area (Å²) in [4.78, 5) is 18.9. The number of nitrogens with zero attached hydrogens (tertiary/aromatic N) is 3. The Kier molecular flexibility index (Phi) is 4.86. The average molecular weight is 315 g/mol. The fraction of sp³-hybridized carbons (Fsp3) is 0.583. The summed E-state index contributed by atoms with van der Waals surface area (Å²) in [6.45, 7) is 0.802. The van der Waals surface area contributed by atoms with Gasteiger partial charge < -0.3 is 9.84 Å². The van der Waals surface area contributed by atoms with Crippen molar-refractivity contribution in [2.75, 3.05) is 26.0 Å². The molecule has 1 aliphatic heterocycles. The Morgan fingerprint density at radius 2 is 2.29 bits per heavy atom. The molecule has 2 heterocycles. The van der Waals surface area contributed by atoms with Crippen LogP contribution in [0.3, 0.4) is 0 Å². The zero-order chi connectivity index (χ0) is 15.5. The maximum absolute atomic E-state index is 11.6. The van der Waals surface area contributed by atoms with Crippen LogP contribution in [-0.4, -0.2) is 59.7 Å². The van der Waals surface area contributed by atoms with Gasteiger partial charge in [-0.2, -0.15) is 4.31 Å². The van der Waals surface area contributed by atoms with Crippen molar-refractivity contribution < 1.29 is 23.1 Å². The quantitative estimate of drug-likeness (QED) is 0.803. The predicted octanol–water partition coefficient (Wildman–Crippen LogP) is -0.173. The van der Waals surface area contributed by atoms with Gasteiger partial charge in [-0.25, -0.2) is 8.42 Å². The highest BCUT2D eigenvalue weighted by Gasteiger charge is 2.28. The van der Waals surface area contributed by atoms with E-state index in [9.17, 15) is 13.2 Å². The molecule has 1 saturated heterocycles. The van der Waals surface area contributed by atoms with Gasteiger partial charge in [-0.1, -0.05) is 0 Å². The van der Waals surface area contributed by atoms with Crippen LogP contribution < -0.4 is 0 Å². The van der Waals surface area contributed by atoms with Gasteiger partial charge >= 0.3 is 5.97 Å². The van der Waals surface area contributed by atoms with Gasteiger partial charge in [0.2, 0.25) is 10.0 Å². The third-order valence-corrected chi connectivity index (χ3v) is 4.40. The molecule has 1 fully saturated rings. The lowest BCUT2D eigenvalue weighted by molar-refractivity contribution is -0.136. The highest BCUT2D eigenvalue weighted by atomic mass is 32.2. The maximum atomic E-state index is 11.6. The number of hydrogen-bond donors (Lipinski definition) is 1. The lowest BCUT2D eigenvalue weighted by Crippen LogP contribution is -2.41. The van der Waals surface area contributed by atoms with E-state index in [4.69, 9.17) is 9.84 Å². The normalized spacial score (nSPS) is 20.3. The summed E-state index contributed by atoms with van der Waals surface area (Å²) < 4.78 is 30.0. The van der Waals surface area contributed by atoms with E-state index in [-0.39, 0.29) is 19.4 Å². The van der Waals surface area contributed by atoms with E-state index in [2.05, 4.69) is 9.97 Å². The van der Waals surface area contributed by atoms with Crippen LogP contribution in [0, 0.1) is 0 Å². The number of hydrogen-bond acceptors (Lipinski definition) is 6. The van der Waals surface area contributed by atoms with Gasteiger partial charge in [0.15, 0.2) is 0 Å². The van der Waals surface area contributed by atoms with Crippen molar-refractivity contribution in [1.82, 2.24) is 14.3 Å². The van der Waals surface area contributed by atoms with Crippen molar-refractivity contribution in [2.24, 2.45) is 0 Å². The number of ether oxygens (including phenoxy) is 1. The number of aryl methyl sites for hydroxylation is 1. The summed E-state index contributed by atoms with van der Waals surface area (Å²) >= 11 is 0. The van der Waals surface area contributed by atoms with Gasteiger partial charge in [-0.15, -0.1) is 0 Å². The van der Waals surface area contributed by atoms with Crippen molar-refractivity contribution in [2.45, 2.75) is 18.9 Å². The third kappa shape index (κ3) is 4.45. The number of sulfonamides is 1. The average Bonchev–Trinajstić information content (AvgIpc) is 2.45. The zero-order valence-electron chi connectivity index (χ0n) is 11.6. The maximum Gasteiger partial charge on any atom is 0.303 e. The van der Waals surface area contributed by atoms with E-state index in [0.717, 1.165) is 6.26 Å². The molecular weight excluding hydrogens is 298 g/mol. The first kappa shape index (κ1) is 15.8. The Bertz CT molecular complexity index is 619. The Labute approximate surface area is 122 Å². The van der Waals surface area contributed by atoms with E-state index in [0.29, 0.717) is 24.5 Å². The number of carbonyl (C=O) groups is 1. The molecule has 2 rings (SSSR count). The number of carboxylic acids is 1. The molecule has 116 valence electrons. The number of aliphatic carboxylic acids is 1. The number of carboxylic acid groups (broad SMARTS) is 1. The monoisotopic (exact) mass is 315 g/mol. The summed E-state index contributed by atoms with van der Waals surface area (Å²) in [5.74, 6) is -0.903. The summed E-state index contributed by atoms with van der Waals surface area (Å²) in [6.07, 6.45) is 3.94. The molecule has 1 atom stereocenters. The molecular formula is C12H17N3O5S. The molecule has 0 spiro atoms. The second-order valence-electron chi connectivity index (χ2n) is 4.81. The Morgan fingerprint density at radius 3 is 2.95 bits per heavy atom. The van der Waals surface area contributed by atoms with Crippen LogP contribution >= 0.6 is 0 Å². The lowest BCUT2D eigenvalue weighted by atomic mass is 10.2. The zero-order valence-corrected chi connectivity index (χ0v) is 12.4. The molecule has 21 heavy (non-hydrogen) atoms. The van der Waals surface area contributed by atoms with Crippen LogP contribution in [0.1, 0.15) is 23.9 Å². The highest BCUT2D eigenvalue weighted by Crippen LogP contribution is 2.21. The SMILES string of the molecule is CS(=O)(=O)N1CCO[C@H](c2cncc(CCC(=O)O)n2)C1. The lowest BCUT2D eigenvalue weighted by Gasteiger charge is -2.30. The highest BCUT2D eigenvalue weighted by molar-refractivity contribution is 7.88. The molecule has 9 heteroatoms. The molecule has 0 aliphatic carbocycles. The van der Waals surface area contributed by atoms with Crippen LogP contribution in [0.2, 0.25) is 0 Å². The van der Waals surface area contributed by atoms with Crippen LogP contribution in [0.25, 0.3) is 0 Å². The molecule has 0 unspecified atom stereocenters. The second kappa shape index (κ2) is 6.46. The van der Waals surface area contributed by atoms with Gasteiger partial charge in [0, 0.05) is 25.7 Å². The second-order valence-corrected chi connectivity index (χ2v) is 6.79. The molecule has 0 saturated carbocycles. The smallest absolute Gasteiger partial charge is 0.303 e. The molecule has 1 aromatic heterocycles. The first-order valence-electron chi connectivity index (χ1n) is 6.45. The summed E-state index contributed by atoms with van der Waals surface area (Å²) in [5, 5.41) is 8.67. The van der Waals surface area contributed by atoms with Crippen LogP contribution in [0.5, 0.6) is 0 Å². The minimum absolute atomic E-state index is 0.0286. The van der Waals surface area contributed by atoms with Crippen LogP contribution in [0.15, 0.2) is 12.4 Å². The minimum atomic E-state index is -3.27. The van der Waals surface area contributed by atoms with Crippen LogP contribution in [0.4, 0.5) is 0 Å². The number of rotatable bonds is 5. The van der Waals surface area contributed by atoms with Gasteiger partial charge in [0.05, 0.1) is 36.9 Å². The Hall–Kier alpha value is -1.58. The van der Waals surface area contributed by atoms with E-state index < -0.39 is 22.1 Å². The fourth-order valence-corrected chi connectivity index (χ4v) is 2.85. The van der Waals surface area contributed by atoms with Gasteiger partial charge in [0.25, 0.3) is 0 Å². The number of aromatic nitrogens is 2. The molecule has 0 aromatic carbocycles. The molecule has 0 radical (unpaired) electrons. The van der Waals surface area contributed by atoms with Crippen molar-refractivity contribution in [1.29, 1.82) is 0 Å². The molecule has 1 aromatic rings. The molecule has 8 nitrogen and oxygen atoms in total. The first-order chi connectivity index (χ1) is 9.86. The fourth-order valence-electron chi connectivity index (χ4n) is 2.04. The van der Waals surface area contributed by atoms with Crippen molar-refractivity contribution in [3.05, 3.63) is 23.8 Å². The van der Waals surface area contributed by atoms with Gasteiger partial charge in [-0.3, -0.25) is 14.8 Å². The van der Waals surface area contributed by atoms with Crippen molar-refractivity contribution >= 4 is 16.0 Å². The summed E-state index contributed by atoms with van der Waals surface area (Å²) in [5.41, 5.74) is 1.07. The van der Waals surface area contributed by atoms with E-state index in [1.165, 1.54) is 16.7 Å². The number of morpholine rings is 1. The van der Waals surface area contributed by atoms with Crippen molar-refractivity contribution in [3.8, 4) is 0 Å². The van der Waals surface area contributed by atoms with Gasteiger partial charge in [-0.05, 0) is 0 Å². The Morgan fingerprint density at radius 1 is 1.52 bits per heavy atom. The topological polar surface area (TPSA) is 110 Å². The summed E-state index contributed by atoms with van der Waals surface area (Å²) in [6, 6.07) is 0. The standard InChI is InChI=1S/C12H17N3O5S/c1-21(18,19)15-4-5-20-11(8-15)10-7-13-6-9(14-10)2-3-12(16)17/h6-7,11H,2-5,8H2,1H3,(H,16,17)/t11-/m0/s1. The van der Waals surface area contributed by atoms with E-state index in [1.807, 2.05) is 0 Å². The van der Waals surface area contributed by atoms with E-state index in [1.54, 1.807) is 0 Å². The third-order valence-electron chi connectivity index (χ3n) is 3.13.